The number of hydrogen-bond donors (Lipinski definition) is 1. The van der Waals surface area contributed by atoms with Crippen LogP contribution >= 0.6 is 11.8 Å². The van der Waals surface area contributed by atoms with Crippen molar-refractivity contribution in [3.05, 3.63) is 60.2 Å². The molecule has 2 aromatic carbocycles. The molecule has 1 N–H and O–H groups in total. The molecule has 2 heterocycles. The van der Waals surface area contributed by atoms with E-state index in [0.717, 1.165) is 30.5 Å². The van der Waals surface area contributed by atoms with Gasteiger partial charge < -0.3 is 19.4 Å². The number of carbonyl (C=O) groups excluding carboxylic acids is 1. The maximum absolute atomic E-state index is 13.0. The Balaban J connectivity index is 1.24. The van der Waals surface area contributed by atoms with Crippen molar-refractivity contribution in [1.82, 2.24) is 10.2 Å². The lowest BCUT2D eigenvalue weighted by atomic mass is 10.1. The Labute approximate surface area is 190 Å². The summed E-state index contributed by atoms with van der Waals surface area (Å²) in [6.07, 6.45) is 3.24. The Morgan fingerprint density at radius 1 is 1.12 bits per heavy atom. The van der Waals surface area contributed by atoms with Crippen molar-refractivity contribution in [2.75, 3.05) is 29.1 Å². The van der Waals surface area contributed by atoms with Gasteiger partial charge in [-0.25, -0.2) is 4.39 Å². The van der Waals surface area contributed by atoms with Gasteiger partial charge in [-0.2, -0.15) is 0 Å². The van der Waals surface area contributed by atoms with Crippen LogP contribution in [0.1, 0.15) is 38.2 Å². The van der Waals surface area contributed by atoms with Gasteiger partial charge in [0.1, 0.15) is 11.6 Å². The minimum atomic E-state index is -0.505. The molecule has 168 valence electrons. The molecule has 0 bridgehead atoms. The third-order valence-corrected chi connectivity index (χ3v) is 5.91. The fourth-order valence-electron chi connectivity index (χ4n) is 3.44. The molecule has 1 aliphatic rings. The molecule has 3 aromatic rings. The average molecular weight is 457 g/mol. The molecule has 0 saturated carbocycles. The monoisotopic (exact) mass is 456 g/mol. The summed E-state index contributed by atoms with van der Waals surface area (Å²) >= 11 is 1.15. The summed E-state index contributed by atoms with van der Waals surface area (Å²) in [7, 11) is 0. The van der Waals surface area contributed by atoms with Crippen LogP contribution in [0.2, 0.25) is 0 Å². The second kappa shape index (κ2) is 10.5. The normalized spacial score (nSPS) is 14.8. The highest BCUT2D eigenvalue weighted by atomic mass is 32.2. The number of piperidine rings is 1. The molecule has 1 amide bonds. The van der Waals surface area contributed by atoms with Gasteiger partial charge in [0, 0.05) is 24.5 Å². The Hall–Kier alpha value is -3.07. The van der Waals surface area contributed by atoms with Gasteiger partial charge in [0.2, 0.25) is 5.91 Å². The molecule has 1 aromatic heterocycles. The number of ether oxygens (including phenoxy) is 1. The third-order valence-electron chi connectivity index (χ3n) is 5.10. The van der Waals surface area contributed by atoms with E-state index >= 15 is 0 Å². The predicted molar refractivity (Wildman–Crippen MR) is 122 cm³/mol. The summed E-state index contributed by atoms with van der Waals surface area (Å²) in [5.74, 6) is 0.430. The second-order valence-corrected chi connectivity index (χ2v) is 8.48. The van der Waals surface area contributed by atoms with E-state index in [-0.39, 0.29) is 28.6 Å². The van der Waals surface area contributed by atoms with Gasteiger partial charge >= 0.3 is 0 Å². The largest absolute Gasteiger partial charge is 0.481 e. The lowest BCUT2D eigenvalue weighted by molar-refractivity contribution is -0.113. The number of nitrogens with one attached hydrogen (secondary N) is 1. The number of thioether (sulfide) groups is 1. The number of rotatable bonds is 8. The highest BCUT2D eigenvalue weighted by molar-refractivity contribution is 7.99. The molecule has 1 fully saturated rings. The molecule has 4 rings (SSSR count). The fourth-order valence-corrected chi connectivity index (χ4v) is 4.01. The number of halogens is 1. The van der Waals surface area contributed by atoms with Crippen molar-refractivity contribution in [2.45, 2.75) is 37.5 Å². The van der Waals surface area contributed by atoms with E-state index in [1.807, 2.05) is 24.3 Å². The molecule has 1 atom stereocenters. The van der Waals surface area contributed by atoms with Crippen molar-refractivity contribution in [3.63, 3.8) is 0 Å². The Kier molecular flexibility index (Phi) is 7.26. The lowest BCUT2D eigenvalue weighted by Gasteiger charge is -2.28. The van der Waals surface area contributed by atoms with E-state index in [1.165, 1.54) is 49.2 Å². The van der Waals surface area contributed by atoms with Crippen LogP contribution in [0.3, 0.4) is 0 Å². The maximum atomic E-state index is 13.0. The number of nitrogens with zero attached hydrogens (tertiary/aromatic N) is 3. The van der Waals surface area contributed by atoms with Gasteiger partial charge in [0.15, 0.2) is 6.10 Å². The lowest BCUT2D eigenvalue weighted by Crippen LogP contribution is -2.29. The molecule has 9 heteroatoms. The predicted octanol–water partition coefficient (Wildman–Crippen LogP) is 5.07. The van der Waals surface area contributed by atoms with Crippen LogP contribution in [-0.2, 0) is 4.79 Å². The van der Waals surface area contributed by atoms with Crippen LogP contribution in [0.15, 0.2) is 58.2 Å². The zero-order valence-electron chi connectivity index (χ0n) is 17.8. The number of aromatic nitrogens is 2. The standard InChI is InChI=1S/C23H25FN4O3S/c1-16(30-20-11-5-17(24)6-12-20)22-26-27-23(31-22)32-15-21(29)25-18-7-9-19(10-8-18)28-13-3-2-4-14-28/h5-12,16H,2-4,13-15H2,1H3,(H,25,29)/t16-/m1/s1. The Morgan fingerprint density at radius 2 is 1.84 bits per heavy atom. The molecule has 7 nitrogen and oxygen atoms in total. The van der Waals surface area contributed by atoms with E-state index in [0.29, 0.717) is 5.75 Å². The van der Waals surface area contributed by atoms with Crippen LogP contribution < -0.4 is 15.0 Å². The van der Waals surface area contributed by atoms with Crippen molar-refractivity contribution in [1.29, 1.82) is 0 Å². The number of hydrogen-bond acceptors (Lipinski definition) is 7. The summed E-state index contributed by atoms with van der Waals surface area (Å²) in [6.45, 7) is 3.93. The molecular weight excluding hydrogens is 431 g/mol. The number of anilines is 2. The van der Waals surface area contributed by atoms with Gasteiger partial charge in [0.05, 0.1) is 5.75 Å². The first-order valence-electron chi connectivity index (χ1n) is 10.6. The Bertz CT molecular complexity index is 1020. The van der Waals surface area contributed by atoms with Gasteiger partial charge in [0.25, 0.3) is 11.1 Å². The maximum Gasteiger partial charge on any atom is 0.277 e. The Morgan fingerprint density at radius 3 is 2.56 bits per heavy atom. The third kappa shape index (κ3) is 6.00. The quantitative estimate of drug-likeness (QED) is 0.474. The molecule has 1 saturated heterocycles. The first kappa shape index (κ1) is 22.1. The molecule has 0 unspecified atom stereocenters. The zero-order valence-corrected chi connectivity index (χ0v) is 18.6. The van der Waals surface area contributed by atoms with Crippen molar-refractivity contribution >= 4 is 29.0 Å². The van der Waals surface area contributed by atoms with Gasteiger partial charge in [-0.1, -0.05) is 11.8 Å². The van der Waals surface area contributed by atoms with E-state index in [1.54, 1.807) is 6.92 Å². The summed E-state index contributed by atoms with van der Waals surface area (Å²) in [6, 6.07) is 13.6. The van der Waals surface area contributed by atoms with Crippen molar-refractivity contribution in [3.8, 4) is 5.75 Å². The summed E-state index contributed by atoms with van der Waals surface area (Å²) < 4.78 is 24.3. The highest BCUT2D eigenvalue weighted by Crippen LogP contribution is 2.25. The molecule has 0 spiro atoms. The molecule has 32 heavy (non-hydrogen) atoms. The van der Waals surface area contributed by atoms with Crippen LogP contribution in [0.4, 0.5) is 15.8 Å². The van der Waals surface area contributed by atoms with Crippen LogP contribution in [0, 0.1) is 5.82 Å². The average Bonchev–Trinajstić information content (AvgIpc) is 3.30. The number of benzene rings is 2. The zero-order chi connectivity index (χ0) is 22.3. The van der Waals surface area contributed by atoms with E-state index in [4.69, 9.17) is 9.15 Å². The first-order chi connectivity index (χ1) is 15.6. The van der Waals surface area contributed by atoms with Gasteiger partial charge in [-0.3, -0.25) is 4.79 Å². The second-order valence-electron chi connectivity index (χ2n) is 7.55. The smallest absolute Gasteiger partial charge is 0.277 e. The van der Waals surface area contributed by atoms with E-state index in [9.17, 15) is 9.18 Å². The number of carbonyl (C=O) groups is 1. The van der Waals surface area contributed by atoms with E-state index in [2.05, 4.69) is 20.4 Å². The SMILES string of the molecule is C[C@@H](Oc1ccc(F)cc1)c1nnc(SCC(=O)Nc2ccc(N3CCCCC3)cc2)o1. The number of amides is 1. The molecular formula is C23H25FN4O3S. The van der Waals surface area contributed by atoms with Crippen molar-refractivity contribution < 1.29 is 18.3 Å². The highest BCUT2D eigenvalue weighted by Gasteiger charge is 2.17. The van der Waals surface area contributed by atoms with Crippen molar-refractivity contribution in [2.24, 2.45) is 0 Å². The molecule has 0 radical (unpaired) electrons. The van der Waals surface area contributed by atoms with E-state index < -0.39 is 6.10 Å². The molecule has 0 aliphatic carbocycles. The summed E-state index contributed by atoms with van der Waals surface area (Å²) in [4.78, 5) is 14.7. The summed E-state index contributed by atoms with van der Waals surface area (Å²) in [5.41, 5.74) is 1.94. The minimum Gasteiger partial charge on any atom is -0.481 e. The fraction of sp³-hybridized carbons (Fsp3) is 0.348. The van der Waals surface area contributed by atoms with Crippen LogP contribution in [-0.4, -0.2) is 34.9 Å². The summed E-state index contributed by atoms with van der Waals surface area (Å²) in [5, 5.41) is 11.1. The van der Waals surface area contributed by atoms with Crippen LogP contribution in [0.25, 0.3) is 0 Å². The topological polar surface area (TPSA) is 80.5 Å². The molecule has 1 aliphatic heterocycles. The van der Waals surface area contributed by atoms with Gasteiger partial charge in [-0.15, -0.1) is 10.2 Å². The first-order valence-corrected chi connectivity index (χ1v) is 11.6. The van der Waals surface area contributed by atoms with Crippen LogP contribution in [0.5, 0.6) is 5.75 Å². The van der Waals surface area contributed by atoms with Gasteiger partial charge in [-0.05, 0) is 74.7 Å². The minimum absolute atomic E-state index is 0.142.